The van der Waals surface area contributed by atoms with Gasteiger partial charge in [-0.15, -0.1) is 0 Å². The zero-order valence-corrected chi connectivity index (χ0v) is 19.4. The Labute approximate surface area is 197 Å². The van der Waals surface area contributed by atoms with Crippen molar-refractivity contribution in [2.45, 2.75) is 26.8 Å². The molecule has 4 rings (SSSR count). The Morgan fingerprint density at radius 3 is 2.44 bits per heavy atom. The zero-order valence-electron chi connectivity index (χ0n) is 19.4. The van der Waals surface area contributed by atoms with Crippen LogP contribution in [0.2, 0.25) is 0 Å². The molecule has 0 unspecified atom stereocenters. The molecule has 0 saturated carbocycles. The Kier molecular flexibility index (Phi) is 6.18. The topological polar surface area (TPSA) is 124 Å². The molecule has 2 heterocycles. The second kappa shape index (κ2) is 9.22. The lowest BCUT2D eigenvalue weighted by Gasteiger charge is -2.12. The minimum absolute atomic E-state index is 0.0542. The average Bonchev–Trinajstić information content (AvgIpc) is 3.20. The molecule has 0 saturated heterocycles. The van der Waals surface area contributed by atoms with E-state index in [1.807, 2.05) is 43.5 Å². The Hall–Kier alpha value is -4.40. The molecule has 0 aliphatic carbocycles. The van der Waals surface area contributed by atoms with Crippen LogP contribution in [0.5, 0.6) is 5.75 Å². The smallest absolute Gasteiger partial charge is 0.323 e. The fourth-order valence-corrected chi connectivity index (χ4v) is 3.80. The molecular formula is C25H26N6O3. The van der Waals surface area contributed by atoms with Crippen LogP contribution in [0.3, 0.4) is 0 Å². The van der Waals surface area contributed by atoms with Crippen molar-refractivity contribution in [2.75, 3.05) is 23.5 Å². The number of benzene rings is 2. The highest BCUT2D eigenvalue weighted by atomic mass is 16.5. The number of carbonyl (C=O) groups excluding carboxylic acids is 2. The molecule has 34 heavy (non-hydrogen) atoms. The van der Waals surface area contributed by atoms with Crippen molar-refractivity contribution in [3.05, 3.63) is 71.7 Å². The number of nitrogens with two attached hydrogens (primary N) is 1. The first-order valence-corrected chi connectivity index (χ1v) is 10.8. The van der Waals surface area contributed by atoms with E-state index in [4.69, 9.17) is 10.5 Å². The van der Waals surface area contributed by atoms with Gasteiger partial charge in [0.05, 0.1) is 23.6 Å². The number of amides is 2. The SMILES string of the molecule is COc1ccc(NC(=O)Nc2cccc(C)c2)cc1C(=O)c1cn(C(C)C)c2ncnc(N)c12. The van der Waals surface area contributed by atoms with Crippen molar-refractivity contribution in [1.29, 1.82) is 0 Å². The summed E-state index contributed by atoms with van der Waals surface area (Å²) < 4.78 is 7.31. The van der Waals surface area contributed by atoms with Crippen LogP contribution in [-0.2, 0) is 0 Å². The van der Waals surface area contributed by atoms with Gasteiger partial charge in [0.25, 0.3) is 0 Å². The molecule has 0 bridgehead atoms. The van der Waals surface area contributed by atoms with E-state index in [-0.39, 0.29) is 23.2 Å². The van der Waals surface area contributed by atoms with Gasteiger partial charge in [0.15, 0.2) is 5.78 Å². The predicted octanol–water partition coefficient (Wildman–Crippen LogP) is 4.79. The summed E-state index contributed by atoms with van der Waals surface area (Å²) in [4.78, 5) is 34.6. The Balaban J connectivity index is 1.69. The highest BCUT2D eigenvalue weighted by molar-refractivity contribution is 6.19. The van der Waals surface area contributed by atoms with Gasteiger partial charge in [0.2, 0.25) is 0 Å². The van der Waals surface area contributed by atoms with E-state index in [1.54, 1.807) is 30.5 Å². The van der Waals surface area contributed by atoms with E-state index < -0.39 is 6.03 Å². The van der Waals surface area contributed by atoms with Gasteiger partial charge in [-0.1, -0.05) is 12.1 Å². The number of nitrogens with zero attached hydrogens (tertiary/aromatic N) is 3. The lowest BCUT2D eigenvalue weighted by atomic mass is 10.0. The maximum atomic E-state index is 13.7. The number of aromatic nitrogens is 3. The minimum atomic E-state index is -0.428. The summed E-state index contributed by atoms with van der Waals surface area (Å²) in [5.74, 6) is 0.277. The van der Waals surface area contributed by atoms with Crippen LogP contribution in [-0.4, -0.2) is 33.5 Å². The summed E-state index contributed by atoms with van der Waals surface area (Å²) in [6.07, 6.45) is 3.11. The molecule has 4 aromatic rings. The summed E-state index contributed by atoms with van der Waals surface area (Å²) in [6.45, 7) is 5.92. The quantitative estimate of drug-likeness (QED) is 0.357. The molecule has 4 N–H and O–H groups in total. The van der Waals surface area contributed by atoms with Crippen molar-refractivity contribution >= 4 is 40.0 Å². The number of aryl methyl sites for hydroxylation is 1. The second-order valence-electron chi connectivity index (χ2n) is 8.19. The second-order valence-corrected chi connectivity index (χ2v) is 8.19. The summed E-state index contributed by atoms with van der Waals surface area (Å²) >= 11 is 0. The van der Waals surface area contributed by atoms with Gasteiger partial charge < -0.3 is 25.7 Å². The number of hydrogen-bond acceptors (Lipinski definition) is 6. The number of rotatable bonds is 6. The number of anilines is 3. The number of carbonyl (C=O) groups is 2. The van der Waals surface area contributed by atoms with Gasteiger partial charge in [-0.3, -0.25) is 4.79 Å². The van der Waals surface area contributed by atoms with Crippen molar-refractivity contribution < 1.29 is 14.3 Å². The third kappa shape index (κ3) is 4.40. The number of methoxy groups -OCH3 is 1. The summed E-state index contributed by atoms with van der Waals surface area (Å²) in [5, 5.41) is 6.04. The van der Waals surface area contributed by atoms with Crippen LogP contribution in [0.1, 0.15) is 41.4 Å². The number of ether oxygens (including phenoxy) is 1. The first kappa shape index (κ1) is 22.8. The van der Waals surface area contributed by atoms with Gasteiger partial charge >= 0.3 is 6.03 Å². The van der Waals surface area contributed by atoms with E-state index in [1.165, 1.54) is 13.4 Å². The van der Waals surface area contributed by atoms with E-state index in [2.05, 4.69) is 20.6 Å². The molecule has 0 spiro atoms. The van der Waals surface area contributed by atoms with Crippen LogP contribution in [0, 0.1) is 6.92 Å². The standard InChI is InChI=1S/C25H26N6O3/c1-14(2)31-12-19(21-23(26)27-13-28-24(21)31)22(32)18-11-17(8-9-20(18)34-4)30-25(33)29-16-7-5-6-15(3)10-16/h5-14H,1-4H3,(H2,26,27,28)(H2,29,30,33). The molecule has 0 fully saturated rings. The summed E-state index contributed by atoms with van der Waals surface area (Å²) in [5.41, 5.74) is 9.47. The molecule has 0 atom stereocenters. The summed E-state index contributed by atoms with van der Waals surface area (Å²) in [6, 6.07) is 12.0. The Bertz CT molecular complexity index is 1390. The fourth-order valence-electron chi connectivity index (χ4n) is 3.80. The third-order valence-electron chi connectivity index (χ3n) is 5.42. The third-order valence-corrected chi connectivity index (χ3v) is 5.42. The largest absolute Gasteiger partial charge is 0.496 e. The number of nitrogens with one attached hydrogen (secondary N) is 2. The summed E-state index contributed by atoms with van der Waals surface area (Å²) in [7, 11) is 1.48. The van der Waals surface area contributed by atoms with E-state index >= 15 is 0 Å². The molecule has 2 amide bonds. The number of hydrogen-bond donors (Lipinski definition) is 3. The van der Waals surface area contributed by atoms with Crippen LogP contribution >= 0.6 is 0 Å². The molecule has 9 nitrogen and oxygen atoms in total. The monoisotopic (exact) mass is 458 g/mol. The van der Waals surface area contributed by atoms with Gasteiger partial charge in [-0.05, 0) is 56.7 Å². The van der Waals surface area contributed by atoms with Crippen LogP contribution < -0.4 is 21.1 Å². The van der Waals surface area contributed by atoms with Crippen LogP contribution in [0.25, 0.3) is 11.0 Å². The number of urea groups is 1. The van der Waals surface area contributed by atoms with Gasteiger partial charge in [0.1, 0.15) is 23.5 Å². The van der Waals surface area contributed by atoms with Crippen LogP contribution in [0.4, 0.5) is 22.0 Å². The highest BCUT2D eigenvalue weighted by Gasteiger charge is 2.24. The molecule has 0 radical (unpaired) electrons. The maximum Gasteiger partial charge on any atom is 0.323 e. The lowest BCUT2D eigenvalue weighted by Crippen LogP contribution is -2.19. The van der Waals surface area contributed by atoms with E-state index in [0.717, 1.165) is 5.56 Å². The first-order valence-electron chi connectivity index (χ1n) is 10.8. The van der Waals surface area contributed by atoms with E-state index in [9.17, 15) is 9.59 Å². The fraction of sp³-hybridized carbons (Fsp3) is 0.200. The normalized spacial score (nSPS) is 11.0. The zero-order chi connectivity index (χ0) is 24.4. The van der Waals surface area contributed by atoms with Crippen molar-refractivity contribution in [2.24, 2.45) is 0 Å². The Morgan fingerprint density at radius 2 is 1.76 bits per heavy atom. The van der Waals surface area contributed by atoms with Gasteiger partial charge in [-0.2, -0.15) is 0 Å². The first-order chi connectivity index (χ1) is 16.3. The number of fused-ring (bicyclic) bond motifs is 1. The van der Waals surface area contributed by atoms with E-state index in [0.29, 0.717) is 33.7 Å². The number of ketones is 1. The highest BCUT2D eigenvalue weighted by Crippen LogP contribution is 2.32. The molecule has 2 aromatic carbocycles. The molecule has 0 aliphatic heterocycles. The maximum absolute atomic E-state index is 13.7. The van der Waals surface area contributed by atoms with Gasteiger partial charge in [-0.25, -0.2) is 14.8 Å². The molecular weight excluding hydrogens is 432 g/mol. The van der Waals surface area contributed by atoms with Crippen LogP contribution in [0.15, 0.2) is 55.0 Å². The lowest BCUT2D eigenvalue weighted by molar-refractivity contribution is 0.103. The minimum Gasteiger partial charge on any atom is -0.496 e. The molecule has 9 heteroatoms. The van der Waals surface area contributed by atoms with Crippen molar-refractivity contribution in [3.8, 4) is 5.75 Å². The van der Waals surface area contributed by atoms with Crippen molar-refractivity contribution in [3.63, 3.8) is 0 Å². The number of nitrogen functional groups attached to an aromatic ring is 1. The molecule has 174 valence electrons. The molecule has 2 aromatic heterocycles. The predicted molar refractivity (Wildman–Crippen MR) is 133 cm³/mol. The average molecular weight is 459 g/mol. The van der Waals surface area contributed by atoms with Gasteiger partial charge in [0, 0.05) is 23.6 Å². The Morgan fingerprint density at radius 1 is 1.03 bits per heavy atom. The molecule has 0 aliphatic rings. The van der Waals surface area contributed by atoms with Crippen molar-refractivity contribution in [1.82, 2.24) is 14.5 Å².